The van der Waals surface area contributed by atoms with Crippen LogP contribution in [0.1, 0.15) is 32.6 Å². The molecule has 2 saturated carbocycles. The minimum Gasteiger partial charge on any atom is -0.458 e. The topological polar surface area (TPSA) is 52.6 Å². The van der Waals surface area contributed by atoms with Crippen LogP contribution < -0.4 is 0 Å². The summed E-state index contributed by atoms with van der Waals surface area (Å²) in [6.07, 6.45) is 2.96. The van der Waals surface area contributed by atoms with Gasteiger partial charge < -0.3 is 9.47 Å². The van der Waals surface area contributed by atoms with Crippen molar-refractivity contribution in [2.45, 2.75) is 44.3 Å². The molecule has 0 N–H and O–H groups in total. The third-order valence-electron chi connectivity index (χ3n) is 4.21. The van der Waals surface area contributed by atoms with E-state index in [0.29, 0.717) is 17.9 Å². The molecule has 1 aliphatic heterocycles. The molecular formula is C13H16O4. The second kappa shape index (κ2) is 3.34. The highest BCUT2D eigenvalue weighted by Crippen LogP contribution is 2.54. The Morgan fingerprint density at radius 2 is 2.24 bits per heavy atom. The first-order valence-electron chi connectivity index (χ1n) is 6.09. The normalized spacial score (nSPS) is 42.2. The van der Waals surface area contributed by atoms with E-state index >= 15 is 0 Å². The second-order valence-electron chi connectivity index (χ2n) is 5.60. The van der Waals surface area contributed by atoms with Gasteiger partial charge in [-0.15, -0.1) is 0 Å². The minimum atomic E-state index is -0.558. The summed E-state index contributed by atoms with van der Waals surface area (Å²) >= 11 is 0. The number of fused-ring (bicyclic) bond motifs is 2. The SMILES string of the molecule is C=C(C)C(=O)OC12CC3CC(C1)C(=O)OC2C3. The number of esters is 2. The molecule has 4 nitrogen and oxygen atoms in total. The zero-order valence-electron chi connectivity index (χ0n) is 9.90. The van der Waals surface area contributed by atoms with Crippen LogP contribution in [-0.4, -0.2) is 23.6 Å². The molecule has 4 heteroatoms. The van der Waals surface area contributed by atoms with Crippen molar-refractivity contribution in [3.63, 3.8) is 0 Å². The molecular weight excluding hydrogens is 220 g/mol. The van der Waals surface area contributed by atoms with Crippen LogP contribution in [0.5, 0.6) is 0 Å². The van der Waals surface area contributed by atoms with Crippen LogP contribution in [0.3, 0.4) is 0 Å². The summed E-state index contributed by atoms with van der Waals surface area (Å²) < 4.78 is 11.0. The fraction of sp³-hybridized carbons (Fsp3) is 0.692. The van der Waals surface area contributed by atoms with Gasteiger partial charge in [0.15, 0.2) is 5.60 Å². The van der Waals surface area contributed by atoms with E-state index in [1.54, 1.807) is 6.92 Å². The van der Waals surface area contributed by atoms with Crippen molar-refractivity contribution in [1.82, 2.24) is 0 Å². The highest BCUT2D eigenvalue weighted by Gasteiger charge is 2.61. The highest BCUT2D eigenvalue weighted by molar-refractivity contribution is 5.87. The summed E-state index contributed by atoms with van der Waals surface area (Å²) in [5, 5.41) is 0. The smallest absolute Gasteiger partial charge is 0.333 e. The van der Waals surface area contributed by atoms with Crippen LogP contribution in [-0.2, 0) is 19.1 Å². The molecule has 0 aromatic rings. The zero-order chi connectivity index (χ0) is 12.2. The Morgan fingerprint density at radius 3 is 2.94 bits per heavy atom. The van der Waals surface area contributed by atoms with Gasteiger partial charge in [-0.2, -0.15) is 0 Å². The summed E-state index contributed by atoms with van der Waals surface area (Å²) in [6, 6.07) is 0. The van der Waals surface area contributed by atoms with Gasteiger partial charge >= 0.3 is 11.9 Å². The Bertz CT molecular complexity index is 414. The fourth-order valence-corrected chi connectivity index (χ4v) is 3.51. The molecule has 92 valence electrons. The van der Waals surface area contributed by atoms with E-state index in [9.17, 15) is 9.59 Å². The molecule has 0 spiro atoms. The molecule has 1 heterocycles. The minimum absolute atomic E-state index is 0.0783. The summed E-state index contributed by atoms with van der Waals surface area (Å²) in [7, 11) is 0. The molecule has 0 aromatic heterocycles. The quantitative estimate of drug-likeness (QED) is 0.539. The summed E-state index contributed by atoms with van der Waals surface area (Å²) in [4.78, 5) is 23.3. The van der Waals surface area contributed by atoms with Crippen molar-refractivity contribution in [1.29, 1.82) is 0 Å². The molecule has 2 aliphatic carbocycles. The molecule has 1 saturated heterocycles. The van der Waals surface area contributed by atoms with Crippen LogP contribution in [0.4, 0.5) is 0 Å². The van der Waals surface area contributed by atoms with E-state index in [0.717, 1.165) is 19.3 Å². The van der Waals surface area contributed by atoms with E-state index in [1.165, 1.54) is 0 Å². The molecule has 0 radical (unpaired) electrons. The number of hydrogen-bond donors (Lipinski definition) is 0. The van der Waals surface area contributed by atoms with Gasteiger partial charge in [0.25, 0.3) is 0 Å². The zero-order valence-corrected chi connectivity index (χ0v) is 9.90. The van der Waals surface area contributed by atoms with E-state index in [1.807, 2.05) is 0 Å². The van der Waals surface area contributed by atoms with E-state index in [4.69, 9.17) is 9.47 Å². The van der Waals surface area contributed by atoms with Gasteiger partial charge in [-0.1, -0.05) is 6.58 Å². The lowest BCUT2D eigenvalue weighted by Gasteiger charge is -2.42. The summed E-state index contributed by atoms with van der Waals surface area (Å²) in [6.45, 7) is 5.23. The lowest BCUT2D eigenvalue weighted by molar-refractivity contribution is -0.201. The Hall–Kier alpha value is -1.32. The first-order chi connectivity index (χ1) is 8.00. The van der Waals surface area contributed by atoms with Gasteiger partial charge in [0.2, 0.25) is 0 Å². The number of rotatable bonds is 2. The summed E-state index contributed by atoms with van der Waals surface area (Å²) in [5.41, 5.74) is -0.159. The molecule has 0 aromatic carbocycles. The van der Waals surface area contributed by atoms with E-state index in [-0.39, 0.29) is 24.0 Å². The molecule has 4 unspecified atom stereocenters. The molecule has 4 atom stereocenters. The molecule has 3 aliphatic rings. The van der Waals surface area contributed by atoms with Gasteiger partial charge in [0.05, 0.1) is 5.92 Å². The maximum atomic E-state index is 11.7. The second-order valence-corrected chi connectivity index (χ2v) is 5.60. The Kier molecular flexibility index (Phi) is 2.12. The largest absolute Gasteiger partial charge is 0.458 e. The van der Waals surface area contributed by atoms with Gasteiger partial charge in [0.1, 0.15) is 6.10 Å². The lowest BCUT2D eigenvalue weighted by atomic mass is 9.76. The number of carbonyl (C=O) groups excluding carboxylic acids is 2. The Labute approximate surface area is 100.0 Å². The monoisotopic (exact) mass is 236 g/mol. The van der Waals surface area contributed by atoms with Crippen LogP contribution in [0.15, 0.2) is 12.2 Å². The Balaban J connectivity index is 1.86. The van der Waals surface area contributed by atoms with Crippen molar-refractivity contribution in [3.05, 3.63) is 12.2 Å². The average Bonchev–Trinajstić information content (AvgIpc) is 2.40. The lowest BCUT2D eigenvalue weighted by Crippen LogP contribution is -2.52. The van der Waals surface area contributed by atoms with Crippen molar-refractivity contribution in [2.75, 3.05) is 0 Å². The first kappa shape index (κ1) is 10.8. The van der Waals surface area contributed by atoms with Gasteiger partial charge in [0, 0.05) is 12.0 Å². The van der Waals surface area contributed by atoms with Crippen molar-refractivity contribution >= 4 is 11.9 Å². The number of ether oxygens (including phenoxy) is 2. The standard InChI is InChI=1S/C13H16O4/c1-7(2)11(14)17-13-5-8-3-9(6-13)12(15)16-10(13)4-8/h8-10H,1,3-6H2,2H3. The van der Waals surface area contributed by atoms with Crippen LogP contribution in [0.2, 0.25) is 0 Å². The molecule has 3 fully saturated rings. The van der Waals surface area contributed by atoms with Gasteiger partial charge in [-0.25, -0.2) is 4.79 Å². The van der Waals surface area contributed by atoms with Gasteiger partial charge in [-0.3, -0.25) is 4.79 Å². The average molecular weight is 236 g/mol. The third kappa shape index (κ3) is 1.50. The molecule has 3 bridgehead atoms. The van der Waals surface area contributed by atoms with Crippen LogP contribution in [0, 0.1) is 11.8 Å². The third-order valence-corrected chi connectivity index (χ3v) is 4.21. The molecule has 3 rings (SSSR count). The van der Waals surface area contributed by atoms with Crippen LogP contribution in [0.25, 0.3) is 0 Å². The maximum Gasteiger partial charge on any atom is 0.333 e. The predicted molar refractivity (Wildman–Crippen MR) is 59.0 cm³/mol. The van der Waals surface area contributed by atoms with Crippen molar-refractivity contribution in [2.24, 2.45) is 11.8 Å². The van der Waals surface area contributed by atoms with Crippen LogP contribution >= 0.6 is 0 Å². The first-order valence-corrected chi connectivity index (χ1v) is 6.09. The summed E-state index contributed by atoms with van der Waals surface area (Å²) in [5.74, 6) is -0.0954. The Morgan fingerprint density at radius 1 is 1.47 bits per heavy atom. The maximum absolute atomic E-state index is 11.7. The van der Waals surface area contributed by atoms with E-state index < -0.39 is 5.60 Å². The molecule has 0 amide bonds. The van der Waals surface area contributed by atoms with Crippen molar-refractivity contribution < 1.29 is 19.1 Å². The van der Waals surface area contributed by atoms with E-state index in [2.05, 4.69) is 6.58 Å². The highest BCUT2D eigenvalue weighted by atomic mass is 16.6. The van der Waals surface area contributed by atoms with Crippen molar-refractivity contribution in [3.8, 4) is 0 Å². The predicted octanol–water partition coefficient (Wildman–Crippen LogP) is 1.59. The number of hydrogen-bond acceptors (Lipinski definition) is 4. The number of carbonyl (C=O) groups is 2. The fourth-order valence-electron chi connectivity index (χ4n) is 3.51. The van der Waals surface area contributed by atoms with Gasteiger partial charge in [-0.05, 0) is 32.1 Å². The molecule has 17 heavy (non-hydrogen) atoms.